The molecule has 2 amide bonds. The number of rotatable bonds is 8. The second-order valence-electron chi connectivity index (χ2n) is 7.97. The van der Waals surface area contributed by atoms with Gasteiger partial charge in [-0.1, -0.05) is 0 Å². The molecule has 8 nitrogen and oxygen atoms in total. The van der Waals surface area contributed by atoms with Crippen molar-refractivity contribution in [3.05, 3.63) is 48.0 Å². The summed E-state index contributed by atoms with van der Waals surface area (Å²) in [5.74, 6) is -0.721. The third-order valence-electron chi connectivity index (χ3n) is 5.52. The predicted octanol–water partition coefficient (Wildman–Crippen LogP) is 2.87. The maximum atomic E-state index is 11.5. The highest BCUT2D eigenvalue weighted by Gasteiger charge is 2.29. The predicted molar refractivity (Wildman–Crippen MR) is 120 cm³/mol. The van der Waals surface area contributed by atoms with Gasteiger partial charge in [0, 0.05) is 43.6 Å². The number of ether oxygens (including phenoxy) is 2. The Hall–Kier alpha value is -3.10. The molecule has 4 rings (SSSR count). The molecule has 31 heavy (non-hydrogen) atoms. The van der Waals surface area contributed by atoms with Crippen LogP contribution in [0.4, 0.5) is 22.7 Å². The summed E-state index contributed by atoms with van der Waals surface area (Å²) >= 11 is 0. The first kappa shape index (κ1) is 21.1. The number of carbonyl (C=O) groups is 2. The second kappa shape index (κ2) is 9.36. The first-order valence-electron chi connectivity index (χ1n) is 10.5. The van der Waals surface area contributed by atoms with Gasteiger partial charge in [-0.3, -0.25) is 9.59 Å². The molecule has 164 valence electrons. The normalized spacial score (nSPS) is 18.5. The highest BCUT2D eigenvalue weighted by molar-refractivity contribution is 5.98. The summed E-state index contributed by atoms with van der Waals surface area (Å²) in [5, 5.41) is 6.02. The molecule has 2 aliphatic rings. The lowest BCUT2D eigenvalue weighted by Gasteiger charge is -2.41. The van der Waals surface area contributed by atoms with Gasteiger partial charge >= 0.3 is 0 Å². The quantitative estimate of drug-likeness (QED) is 0.602. The van der Waals surface area contributed by atoms with E-state index < -0.39 is 5.91 Å². The fourth-order valence-corrected chi connectivity index (χ4v) is 3.78. The lowest BCUT2D eigenvalue weighted by Crippen LogP contribution is -2.53. The fourth-order valence-electron chi connectivity index (χ4n) is 3.78. The van der Waals surface area contributed by atoms with Crippen LogP contribution >= 0.6 is 0 Å². The lowest BCUT2D eigenvalue weighted by atomic mass is 10.1. The Kier molecular flexibility index (Phi) is 6.39. The summed E-state index contributed by atoms with van der Waals surface area (Å²) in [5.41, 5.74) is 8.90. The Labute approximate surface area is 181 Å². The highest BCUT2D eigenvalue weighted by atomic mass is 16.5. The van der Waals surface area contributed by atoms with E-state index in [9.17, 15) is 9.59 Å². The number of carbonyl (C=O) groups excluding carboxylic acids is 2. The average molecular weight is 425 g/mol. The van der Waals surface area contributed by atoms with E-state index in [2.05, 4.69) is 15.5 Å². The van der Waals surface area contributed by atoms with Gasteiger partial charge in [-0.05, 0) is 55.3 Å². The molecule has 0 bridgehead atoms. The molecule has 4 N–H and O–H groups in total. The largest absolute Gasteiger partial charge is 0.376 e. The lowest BCUT2D eigenvalue weighted by molar-refractivity contribution is -0.114. The molecule has 0 aliphatic carbocycles. The highest BCUT2D eigenvalue weighted by Crippen LogP contribution is 2.29. The fraction of sp³-hybridized carbons (Fsp3) is 0.391. The first-order chi connectivity index (χ1) is 15.0. The van der Waals surface area contributed by atoms with E-state index in [0.29, 0.717) is 23.5 Å². The molecule has 8 heteroatoms. The maximum Gasteiger partial charge on any atom is 0.248 e. The van der Waals surface area contributed by atoms with Gasteiger partial charge < -0.3 is 30.7 Å². The number of hydrogen-bond acceptors (Lipinski definition) is 6. The number of hydrogen-bond donors (Lipinski definition) is 3. The van der Waals surface area contributed by atoms with Crippen molar-refractivity contribution in [3.8, 4) is 0 Å². The van der Waals surface area contributed by atoms with Crippen molar-refractivity contribution in [1.82, 2.24) is 0 Å². The van der Waals surface area contributed by atoms with Gasteiger partial charge in [0.15, 0.2) is 0 Å². The van der Waals surface area contributed by atoms with Crippen LogP contribution in [0.3, 0.4) is 0 Å². The van der Waals surface area contributed by atoms with Crippen molar-refractivity contribution < 1.29 is 19.1 Å². The zero-order valence-electron chi connectivity index (χ0n) is 17.6. The van der Waals surface area contributed by atoms with E-state index in [-0.39, 0.29) is 18.1 Å². The van der Waals surface area contributed by atoms with Crippen LogP contribution in [-0.2, 0) is 14.3 Å². The Morgan fingerprint density at radius 1 is 1.16 bits per heavy atom. The van der Waals surface area contributed by atoms with Crippen LogP contribution in [0.15, 0.2) is 42.5 Å². The number of nitrogens with one attached hydrogen (secondary N) is 2. The molecular formula is C23H28N4O4. The van der Waals surface area contributed by atoms with Crippen LogP contribution in [0, 0.1) is 0 Å². The zero-order valence-corrected chi connectivity index (χ0v) is 17.6. The van der Waals surface area contributed by atoms with Crippen molar-refractivity contribution in [2.24, 2.45) is 5.73 Å². The Morgan fingerprint density at radius 3 is 2.58 bits per heavy atom. The van der Waals surface area contributed by atoms with Crippen LogP contribution < -0.4 is 21.3 Å². The Morgan fingerprint density at radius 2 is 1.94 bits per heavy atom. The van der Waals surface area contributed by atoms with Gasteiger partial charge in [0.1, 0.15) is 0 Å². The SMILES string of the molecule is CC(=O)Nc1ccc(C(N)=O)cc1Nc1ccc(N2CC(OCC3CCCO3)C2)cc1. The molecule has 2 heterocycles. The van der Waals surface area contributed by atoms with Gasteiger partial charge in [0.25, 0.3) is 0 Å². The van der Waals surface area contributed by atoms with Crippen molar-refractivity contribution in [2.45, 2.75) is 32.0 Å². The number of anilines is 4. The molecule has 2 aromatic carbocycles. The maximum absolute atomic E-state index is 11.5. The van der Waals surface area contributed by atoms with E-state index in [1.165, 1.54) is 6.92 Å². The molecule has 2 aromatic rings. The van der Waals surface area contributed by atoms with E-state index in [1.807, 2.05) is 24.3 Å². The van der Waals surface area contributed by atoms with Crippen molar-refractivity contribution in [2.75, 3.05) is 41.8 Å². The minimum absolute atomic E-state index is 0.195. The molecule has 0 spiro atoms. The van der Waals surface area contributed by atoms with Crippen LogP contribution in [0.2, 0.25) is 0 Å². The summed E-state index contributed by atoms with van der Waals surface area (Å²) < 4.78 is 11.5. The van der Waals surface area contributed by atoms with Crippen molar-refractivity contribution in [3.63, 3.8) is 0 Å². The molecular weight excluding hydrogens is 396 g/mol. The molecule has 2 aliphatic heterocycles. The monoisotopic (exact) mass is 424 g/mol. The van der Waals surface area contributed by atoms with Crippen LogP contribution in [0.5, 0.6) is 0 Å². The minimum atomic E-state index is -0.526. The van der Waals surface area contributed by atoms with Crippen LogP contribution in [0.1, 0.15) is 30.1 Å². The smallest absolute Gasteiger partial charge is 0.248 e. The molecule has 0 saturated carbocycles. The Bertz CT molecular complexity index is 935. The van der Waals surface area contributed by atoms with E-state index in [0.717, 1.165) is 43.9 Å². The van der Waals surface area contributed by atoms with E-state index in [1.54, 1.807) is 18.2 Å². The van der Waals surface area contributed by atoms with Crippen LogP contribution in [-0.4, -0.2) is 50.3 Å². The molecule has 1 atom stereocenters. The zero-order chi connectivity index (χ0) is 21.8. The number of nitrogens with two attached hydrogens (primary N) is 1. The summed E-state index contributed by atoms with van der Waals surface area (Å²) in [6, 6.07) is 12.9. The number of benzene rings is 2. The number of primary amides is 1. The molecule has 0 aromatic heterocycles. The van der Waals surface area contributed by atoms with Gasteiger partial charge in [0.05, 0.1) is 30.2 Å². The summed E-state index contributed by atoms with van der Waals surface area (Å²) in [6.45, 7) is 4.71. The third-order valence-corrected chi connectivity index (χ3v) is 5.52. The van der Waals surface area contributed by atoms with E-state index in [4.69, 9.17) is 15.2 Å². The molecule has 1 unspecified atom stereocenters. The number of amides is 2. The molecule has 2 fully saturated rings. The first-order valence-corrected chi connectivity index (χ1v) is 10.5. The van der Waals surface area contributed by atoms with Crippen molar-refractivity contribution in [1.29, 1.82) is 0 Å². The molecule has 2 saturated heterocycles. The average Bonchev–Trinajstić information content (AvgIpc) is 3.22. The Balaban J connectivity index is 1.35. The standard InChI is InChI=1S/C23H28N4O4/c1-15(28)25-21-9-4-16(23(24)29)11-22(21)26-17-5-7-18(8-6-17)27-12-20(13-27)31-14-19-3-2-10-30-19/h4-9,11,19-20,26H,2-3,10,12-14H2,1H3,(H2,24,29)(H,25,28). The van der Waals surface area contributed by atoms with Crippen molar-refractivity contribution >= 4 is 34.6 Å². The number of nitrogens with zero attached hydrogens (tertiary/aromatic N) is 1. The van der Waals surface area contributed by atoms with Gasteiger partial charge in [-0.25, -0.2) is 0 Å². The molecule has 0 radical (unpaired) electrons. The van der Waals surface area contributed by atoms with Gasteiger partial charge in [-0.15, -0.1) is 0 Å². The van der Waals surface area contributed by atoms with Crippen LogP contribution in [0.25, 0.3) is 0 Å². The van der Waals surface area contributed by atoms with Gasteiger partial charge in [-0.2, -0.15) is 0 Å². The minimum Gasteiger partial charge on any atom is -0.376 e. The third kappa shape index (κ3) is 5.34. The summed E-state index contributed by atoms with van der Waals surface area (Å²) in [6.07, 6.45) is 2.73. The second-order valence-corrected chi connectivity index (χ2v) is 7.97. The topological polar surface area (TPSA) is 106 Å². The summed E-state index contributed by atoms with van der Waals surface area (Å²) in [7, 11) is 0. The summed E-state index contributed by atoms with van der Waals surface area (Å²) in [4.78, 5) is 25.3. The van der Waals surface area contributed by atoms with E-state index >= 15 is 0 Å². The van der Waals surface area contributed by atoms with Gasteiger partial charge in [0.2, 0.25) is 11.8 Å².